The van der Waals surface area contributed by atoms with Gasteiger partial charge in [0.1, 0.15) is 5.82 Å². The molecule has 0 bridgehead atoms. The number of nitrogens with zero attached hydrogens (tertiary/aromatic N) is 1. The summed E-state index contributed by atoms with van der Waals surface area (Å²) in [5.41, 5.74) is 6.78. The maximum atomic E-state index is 13.4. The van der Waals surface area contributed by atoms with E-state index in [1.165, 1.54) is 6.07 Å². The first-order valence-electron chi connectivity index (χ1n) is 5.18. The summed E-state index contributed by atoms with van der Waals surface area (Å²) in [5, 5.41) is 2.67. The van der Waals surface area contributed by atoms with E-state index in [9.17, 15) is 9.18 Å². The fourth-order valence-corrected chi connectivity index (χ4v) is 1.93. The van der Waals surface area contributed by atoms with Crippen LogP contribution < -0.4 is 16.0 Å². The van der Waals surface area contributed by atoms with Crippen molar-refractivity contribution in [1.29, 1.82) is 0 Å². The molecule has 0 fully saturated rings. The Labute approximate surface area is 113 Å². The van der Waals surface area contributed by atoms with E-state index < -0.39 is 0 Å². The Morgan fingerprint density at radius 3 is 2.82 bits per heavy atom. The zero-order valence-electron chi connectivity index (χ0n) is 9.76. The van der Waals surface area contributed by atoms with Gasteiger partial charge in [0.25, 0.3) is 0 Å². The third kappa shape index (κ3) is 3.72. The minimum Gasteiger partial charge on any atom is -0.397 e. The Morgan fingerprint density at radius 1 is 1.59 bits per heavy atom. The largest absolute Gasteiger partial charge is 0.397 e. The molecule has 0 aliphatic carbocycles. The Balaban J connectivity index is 2.85. The third-order valence-corrected chi connectivity index (χ3v) is 3.06. The number of carbonyl (C=O) groups excluding carboxylic acids is 1. The monoisotopic (exact) mass is 351 g/mol. The van der Waals surface area contributed by atoms with E-state index in [4.69, 9.17) is 5.73 Å². The van der Waals surface area contributed by atoms with E-state index in [-0.39, 0.29) is 18.3 Å². The topological polar surface area (TPSA) is 58.4 Å². The van der Waals surface area contributed by atoms with E-state index >= 15 is 0 Å². The number of benzene rings is 1. The molecule has 3 N–H and O–H groups in total. The summed E-state index contributed by atoms with van der Waals surface area (Å²) in [6.45, 7) is 2.57. The molecule has 1 aromatic rings. The quantitative estimate of drug-likeness (QED) is 0.640. The smallest absolute Gasteiger partial charge is 0.239 e. The van der Waals surface area contributed by atoms with Gasteiger partial charge in [0, 0.05) is 19.7 Å². The van der Waals surface area contributed by atoms with Gasteiger partial charge in [-0.3, -0.25) is 4.79 Å². The molecule has 0 unspecified atom stereocenters. The van der Waals surface area contributed by atoms with Crippen molar-refractivity contribution in [3.8, 4) is 0 Å². The highest BCUT2D eigenvalue weighted by molar-refractivity contribution is 14.1. The van der Waals surface area contributed by atoms with Gasteiger partial charge >= 0.3 is 0 Å². The lowest BCUT2D eigenvalue weighted by molar-refractivity contribution is -0.119. The Bertz CT molecular complexity index is 425. The predicted molar refractivity (Wildman–Crippen MR) is 75.5 cm³/mol. The Hall–Kier alpha value is -1.05. The summed E-state index contributed by atoms with van der Waals surface area (Å²) in [6.07, 6.45) is 0. The molecular formula is C11H15FIN3O. The van der Waals surface area contributed by atoms with Crippen molar-refractivity contribution in [3.05, 3.63) is 21.5 Å². The van der Waals surface area contributed by atoms with Crippen LogP contribution in [0.25, 0.3) is 0 Å². The van der Waals surface area contributed by atoms with Crippen molar-refractivity contribution in [2.45, 2.75) is 6.92 Å². The molecule has 1 amide bonds. The second-order valence-corrected chi connectivity index (χ2v) is 4.80. The van der Waals surface area contributed by atoms with E-state index in [1.807, 2.05) is 29.5 Å². The average Bonchev–Trinajstić information content (AvgIpc) is 2.23. The van der Waals surface area contributed by atoms with Crippen molar-refractivity contribution >= 4 is 39.9 Å². The summed E-state index contributed by atoms with van der Waals surface area (Å²) >= 11 is 1.88. The lowest BCUT2D eigenvalue weighted by Crippen LogP contribution is -2.35. The second-order valence-electron chi connectivity index (χ2n) is 3.63. The van der Waals surface area contributed by atoms with Crippen molar-refractivity contribution in [2.75, 3.05) is 30.8 Å². The van der Waals surface area contributed by atoms with Crippen LogP contribution in [0.1, 0.15) is 6.92 Å². The number of carbonyl (C=O) groups is 1. The van der Waals surface area contributed by atoms with Gasteiger partial charge in [0.2, 0.25) is 5.91 Å². The van der Waals surface area contributed by atoms with Gasteiger partial charge in [-0.05, 0) is 35.6 Å². The van der Waals surface area contributed by atoms with Crippen molar-refractivity contribution in [3.63, 3.8) is 0 Å². The van der Waals surface area contributed by atoms with E-state index in [0.29, 0.717) is 21.5 Å². The molecule has 0 radical (unpaired) electrons. The summed E-state index contributed by atoms with van der Waals surface area (Å²) in [6, 6.07) is 2.90. The van der Waals surface area contributed by atoms with Crippen LogP contribution >= 0.6 is 22.6 Å². The fraction of sp³-hybridized carbons (Fsp3) is 0.364. The SMILES string of the molecule is CCNC(=O)CN(C)c1cc(F)c(I)cc1N. The van der Waals surface area contributed by atoms with Gasteiger partial charge in [-0.25, -0.2) is 4.39 Å². The highest BCUT2D eigenvalue weighted by Gasteiger charge is 2.12. The zero-order valence-corrected chi connectivity index (χ0v) is 11.9. The van der Waals surface area contributed by atoms with Crippen LogP contribution in [0.2, 0.25) is 0 Å². The van der Waals surface area contributed by atoms with Gasteiger partial charge in [0.05, 0.1) is 21.5 Å². The highest BCUT2D eigenvalue weighted by atomic mass is 127. The van der Waals surface area contributed by atoms with E-state index in [2.05, 4.69) is 5.32 Å². The number of likely N-dealkylation sites (N-methyl/N-ethyl adjacent to an activating group) is 2. The summed E-state index contributed by atoms with van der Waals surface area (Å²) in [4.78, 5) is 13.0. The molecule has 0 heterocycles. The molecule has 17 heavy (non-hydrogen) atoms. The number of nitrogens with one attached hydrogen (secondary N) is 1. The minimum atomic E-state index is -0.336. The molecule has 0 aliphatic rings. The van der Waals surface area contributed by atoms with Crippen molar-refractivity contribution in [2.24, 2.45) is 0 Å². The summed E-state index contributed by atoms with van der Waals surface area (Å²) < 4.78 is 13.9. The van der Waals surface area contributed by atoms with Crippen molar-refractivity contribution in [1.82, 2.24) is 5.32 Å². The number of amides is 1. The number of halogens is 2. The maximum absolute atomic E-state index is 13.4. The van der Waals surface area contributed by atoms with Crippen LogP contribution in [0.5, 0.6) is 0 Å². The van der Waals surface area contributed by atoms with Crippen LogP contribution in [-0.2, 0) is 4.79 Å². The number of hydrogen-bond donors (Lipinski definition) is 2. The highest BCUT2D eigenvalue weighted by Crippen LogP contribution is 2.26. The van der Waals surface area contributed by atoms with Gasteiger partial charge in [0.15, 0.2) is 0 Å². The first-order chi connectivity index (χ1) is 7.95. The molecule has 0 saturated heterocycles. The van der Waals surface area contributed by atoms with Gasteiger partial charge in [-0.15, -0.1) is 0 Å². The number of nitrogens with two attached hydrogens (primary N) is 1. The van der Waals surface area contributed by atoms with Gasteiger partial charge in [-0.2, -0.15) is 0 Å². The third-order valence-electron chi connectivity index (χ3n) is 2.24. The van der Waals surface area contributed by atoms with Crippen LogP contribution in [0.4, 0.5) is 15.8 Å². The second kappa shape index (κ2) is 6.04. The van der Waals surface area contributed by atoms with Crippen LogP contribution in [0.15, 0.2) is 12.1 Å². The average molecular weight is 351 g/mol. The normalized spacial score (nSPS) is 10.1. The molecule has 1 aromatic carbocycles. The molecule has 0 atom stereocenters. The number of anilines is 2. The standard InChI is InChI=1S/C11H15FIN3O/c1-3-15-11(17)6-16(2)10-4-7(12)8(13)5-9(10)14/h4-5H,3,6,14H2,1-2H3,(H,15,17). The Kier molecular flexibility index (Phi) is 4.98. The summed E-state index contributed by atoms with van der Waals surface area (Å²) in [7, 11) is 1.70. The molecule has 0 spiro atoms. The fourth-order valence-electron chi connectivity index (χ4n) is 1.44. The summed E-state index contributed by atoms with van der Waals surface area (Å²) in [5.74, 6) is -0.453. The van der Waals surface area contributed by atoms with Crippen LogP contribution in [-0.4, -0.2) is 26.0 Å². The lowest BCUT2D eigenvalue weighted by atomic mass is 10.2. The zero-order chi connectivity index (χ0) is 13.0. The minimum absolute atomic E-state index is 0.117. The Morgan fingerprint density at radius 2 is 2.24 bits per heavy atom. The molecule has 4 nitrogen and oxygen atoms in total. The number of rotatable bonds is 4. The molecule has 94 valence electrons. The molecule has 0 aliphatic heterocycles. The number of nitrogen functional groups attached to an aromatic ring is 1. The van der Waals surface area contributed by atoms with Crippen LogP contribution in [0.3, 0.4) is 0 Å². The van der Waals surface area contributed by atoms with E-state index in [1.54, 1.807) is 18.0 Å². The van der Waals surface area contributed by atoms with Crippen molar-refractivity contribution < 1.29 is 9.18 Å². The molecule has 1 rings (SSSR count). The first-order valence-corrected chi connectivity index (χ1v) is 6.26. The number of hydrogen-bond acceptors (Lipinski definition) is 3. The van der Waals surface area contributed by atoms with E-state index in [0.717, 1.165) is 0 Å². The molecule has 6 heteroatoms. The predicted octanol–water partition coefficient (Wildman–Crippen LogP) is 1.58. The van der Waals surface area contributed by atoms with Crippen LogP contribution in [0, 0.1) is 9.39 Å². The molecular weight excluding hydrogens is 336 g/mol. The first kappa shape index (κ1) is 14.0. The molecule has 0 aromatic heterocycles. The maximum Gasteiger partial charge on any atom is 0.239 e. The lowest BCUT2D eigenvalue weighted by Gasteiger charge is -2.20. The van der Waals surface area contributed by atoms with Gasteiger partial charge < -0.3 is 16.0 Å². The molecule has 0 saturated carbocycles. The van der Waals surface area contributed by atoms with Gasteiger partial charge in [-0.1, -0.05) is 0 Å².